The van der Waals surface area contributed by atoms with Crippen LogP contribution in [0.4, 0.5) is 0 Å². The molecule has 0 bridgehead atoms. The molecule has 0 unspecified atom stereocenters. The van der Waals surface area contributed by atoms with E-state index in [9.17, 15) is 13.2 Å². The van der Waals surface area contributed by atoms with E-state index in [-0.39, 0.29) is 17.5 Å². The predicted octanol–water partition coefficient (Wildman–Crippen LogP) is 0.111. The Morgan fingerprint density at radius 1 is 1.53 bits per heavy atom. The number of aromatic nitrogens is 2. The second-order valence-corrected chi connectivity index (χ2v) is 6.81. The van der Waals surface area contributed by atoms with Crippen LogP contribution in [0.25, 0.3) is 0 Å². The van der Waals surface area contributed by atoms with Gasteiger partial charge in [-0.25, -0.2) is 13.4 Å². The summed E-state index contributed by atoms with van der Waals surface area (Å²) in [5.41, 5.74) is 0. The van der Waals surface area contributed by atoms with Gasteiger partial charge in [0.25, 0.3) is 10.0 Å². The van der Waals surface area contributed by atoms with E-state index in [2.05, 4.69) is 15.3 Å². The van der Waals surface area contributed by atoms with Crippen LogP contribution in [0.2, 0.25) is 0 Å². The minimum absolute atomic E-state index is 0.0100. The summed E-state index contributed by atoms with van der Waals surface area (Å²) in [4.78, 5) is 18.1. The molecule has 1 aromatic rings. The first-order chi connectivity index (χ1) is 8.73. The number of H-pyrrole nitrogens is 1. The lowest BCUT2D eigenvalue weighted by Gasteiger charge is -2.16. The number of amides is 1. The number of aryl methyl sites for hydroxylation is 1. The van der Waals surface area contributed by atoms with Crippen molar-refractivity contribution in [1.29, 1.82) is 0 Å². The molecule has 0 fully saturated rings. The van der Waals surface area contributed by atoms with Crippen LogP contribution in [0.1, 0.15) is 19.7 Å². The van der Waals surface area contributed by atoms with Crippen LogP contribution < -0.4 is 5.32 Å². The maximum atomic E-state index is 12.1. The largest absolute Gasteiger partial charge is 0.355 e. The number of likely N-dealkylation sites (N-methyl/N-ethyl adjacent to an activating group) is 1. The van der Waals surface area contributed by atoms with Crippen molar-refractivity contribution >= 4 is 15.9 Å². The van der Waals surface area contributed by atoms with E-state index in [1.54, 1.807) is 6.92 Å². The highest BCUT2D eigenvalue weighted by Gasteiger charge is 2.24. The van der Waals surface area contributed by atoms with Crippen LogP contribution in [0.5, 0.6) is 0 Å². The number of nitrogens with zero attached hydrogens (tertiary/aromatic N) is 2. The van der Waals surface area contributed by atoms with Crippen LogP contribution >= 0.6 is 0 Å². The summed E-state index contributed by atoms with van der Waals surface area (Å²) in [5.74, 6) is 0.508. The van der Waals surface area contributed by atoms with Crippen molar-refractivity contribution in [1.82, 2.24) is 19.6 Å². The van der Waals surface area contributed by atoms with Crippen LogP contribution in [-0.4, -0.2) is 48.7 Å². The van der Waals surface area contributed by atoms with Crippen molar-refractivity contribution < 1.29 is 13.2 Å². The second-order valence-electron chi connectivity index (χ2n) is 4.79. The molecule has 1 amide bonds. The number of nitrogens with one attached hydrogen (secondary N) is 2. The van der Waals surface area contributed by atoms with E-state index in [0.29, 0.717) is 18.3 Å². The topological polar surface area (TPSA) is 95.2 Å². The number of carbonyl (C=O) groups is 1. The summed E-state index contributed by atoms with van der Waals surface area (Å²) in [5, 5.41) is 2.66. The molecule has 1 rings (SSSR count). The Morgan fingerprint density at radius 3 is 2.63 bits per heavy atom. The smallest absolute Gasteiger partial charge is 0.260 e. The van der Waals surface area contributed by atoms with Gasteiger partial charge in [0, 0.05) is 13.6 Å². The highest BCUT2D eigenvalue weighted by molar-refractivity contribution is 7.89. The van der Waals surface area contributed by atoms with Crippen molar-refractivity contribution in [2.24, 2.45) is 5.92 Å². The van der Waals surface area contributed by atoms with Crippen molar-refractivity contribution in [3.63, 3.8) is 0 Å². The molecule has 8 heteroatoms. The van der Waals surface area contributed by atoms with Crippen LogP contribution in [0.15, 0.2) is 11.2 Å². The normalized spacial score (nSPS) is 12.1. The maximum absolute atomic E-state index is 12.1. The Bertz CT molecular complexity index is 536. The minimum atomic E-state index is -3.70. The lowest BCUT2D eigenvalue weighted by Crippen LogP contribution is -2.39. The van der Waals surface area contributed by atoms with Gasteiger partial charge in [-0.1, -0.05) is 13.8 Å². The van der Waals surface area contributed by atoms with Gasteiger partial charge in [0.2, 0.25) is 5.91 Å². The van der Waals surface area contributed by atoms with Gasteiger partial charge in [0.1, 0.15) is 5.82 Å². The zero-order chi connectivity index (χ0) is 14.6. The van der Waals surface area contributed by atoms with Crippen LogP contribution in [0.3, 0.4) is 0 Å². The summed E-state index contributed by atoms with van der Waals surface area (Å²) in [7, 11) is -2.34. The maximum Gasteiger partial charge on any atom is 0.260 e. The lowest BCUT2D eigenvalue weighted by molar-refractivity contribution is -0.121. The van der Waals surface area contributed by atoms with Crippen molar-refractivity contribution in [2.45, 2.75) is 25.8 Å². The molecule has 0 aliphatic rings. The average Bonchev–Trinajstić information content (AvgIpc) is 2.73. The van der Waals surface area contributed by atoms with E-state index in [1.165, 1.54) is 13.2 Å². The van der Waals surface area contributed by atoms with E-state index in [1.807, 2.05) is 13.8 Å². The third-order valence-electron chi connectivity index (χ3n) is 2.44. The molecule has 0 aliphatic carbocycles. The summed E-state index contributed by atoms with van der Waals surface area (Å²) in [6.07, 6.45) is 1.24. The molecular formula is C11H20N4O3S. The van der Waals surface area contributed by atoms with Gasteiger partial charge in [0.15, 0.2) is 5.03 Å². The number of carbonyl (C=O) groups excluding carboxylic acids is 1. The number of aromatic amines is 1. The molecule has 0 saturated heterocycles. The summed E-state index contributed by atoms with van der Waals surface area (Å²) >= 11 is 0. The van der Waals surface area contributed by atoms with Gasteiger partial charge in [-0.2, -0.15) is 4.31 Å². The highest BCUT2D eigenvalue weighted by Crippen LogP contribution is 2.10. The van der Waals surface area contributed by atoms with Gasteiger partial charge in [-0.3, -0.25) is 4.79 Å². The highest BCUT2D eigenvalue weighted by atomic mass is 32.2. The molecule has 0 saturated carbocycles. The predicted molar refractivity (Wildman–Crippen MR) is 71.0 cm³/mol. The Balaban J connectivity index is 2.67. The Hall–Kier alpha value is -1.41. The molecule has 108 valence electrons. The fourth-order valence-electron chi connectivity index (χ4n) is 1.36. The molecule has 0 aliphatic heterocycles. The fourth-order valence-corrected chi connectivity index (χ4v) is 2.44. The first-order valence-electron chi connectivity index (χ1n) is 5.98. The standard InChI is InChI=1S/C11H20N4O3S/c1-8(2)5-13-10(16)7-15(4)19(17,18)11-6-12-9(3)14-11/h6,8H,5,7H2,1-4H3,(H,12,14)(H,13,16). The van der Waals surface area contributed by atoms with E-state index in [0.717, 1.165) is 4.31 Å². The zero-order valence-electron chi connectivity index (χ0n) is 11.6. The number of rotatable bonds is 6. The third kappa shape index (κ3) is 4.32. The van der Waals surface area contributed by atoms with Crippen molar-refractivity contribution in [2.75, 3.05) is 20.1 Å². The number of hydrogen-bond donors (Lipinski definition) is 2. The Kier molecular flexibility index (Phi) is 5.07. The molecule has 0 spiro atoms. The number of sulfonamides is 1. The van der Waals surface area contributed by atoms with E-state index < -0.39 is 10.0 Å². The third-order valence-corrected chi connectivity index (χ3v) is 4.15. The minimum Gasteiger partial charge on any atom is -0.355 e. The fraction of sp³-hybridized carbons (Fsp3) is 0.636. The quantitative estimate of drug-likeness (QED) is 0.776. The monoisotopic (exact) mass is 288 g/mol. The molecule has 0 aromatic carbocycles. The second kappa shape index (κ2) is 6.16. The first-order valence-corrected chi connectivity index (χ1v) is 7.42. The lowest BCUT2D eigenvalue weighted by atomic mass is 10.2. The van der Waals surface area contributed by atoms with Gasteiger partial charge >= 0.3 is 0 Å². The molecule has 19 heavy (non-hydrogen) atoms. The van der Waals surface area contributed by atoms with Crippen molar-refractivity contribution in [3.8, 4) is 0 Å². The molecule has 2 N–H and O–H groups in total. The zero-order valence-corrected chi connectivity index (χ0v) is 12.4. The molecule has 7 nitrogen and oxygen atoms in total. The van der Waals surface area contributed by atoms with E-state index in [4.69, 9.17) is 0 Å². The van der Waals surface area contributed by atoms with Crippen molar-refractivity contribution in [3.05, 3.63) is 12.0 Å². The first kappa shape index (κ1) is 15.6. The average molecular weight is 288 g/mol. The van der Waals surface area contributed by atoms with Gasteiger partial charge in [0.05, 0.1) is 12.7 Å². The summed E-state index contributed by atoms with van der Waals surface area (Å²) in [6, 6.07) is 0. The molecule has 1 aromatic heterocycles. The van der Waals surface area contributed by atoms with Gasteiger partial charge in [-0.15, -0.1) is 0 Å². The van der Waals surface area contributed by atoms with Gasteiger partial charge in [-0.05, 0) is 12.8 Å². The SMILES string of the molecule is Cc1ncc(S(=O)(=O)N(C)CC(=O)NCC(C)C)[nH]1. The number of hydrogen-bond acceptors (Lipinski definition) is 4. The van der Waals surface area contributed by atoms with Crippen LogP contribution in [-0.2, 0) is 14.8 Å². The Morgan fingerprint density at radius 2 is 2.16 bits per heavy atom. The summed E-state index contributed by atoms with van der Waals surface area (Å²) < 4.78 is 25.2. The number of imidazole rings is 1. The Labute approximate surface area is 113 Å². The molecule has 0 radical (unpaired) electrons. The molecular weight excluding hydrogens is 268 g/mol. The molecule has 1 heterocycles. The summed E-state index contributed by atoms with van der Waals surface area (Å²) in [6.45, 7) is 5.90. The van der Waals surface area contributed by atoms with Gasteiger partial charge < -0.3 is 10.3 Å². The van der Waals surface area contributed by atoms with Crippen LogP contribution in [0, 0.1) is 12.8 Å². The molecule has 0 atom stereocenters. The van der Waals surface area contributed by atoms with E-state index >= 15 is 0 Å².